The van der Waals surface area contributed by atoms with Crippen LogP contribution in [0.2, 0.25) is 0 Å². The first kappa shape index (κ1) is 12.6. The number of hydrogen-bond donors (Lipinski definition) is 1. The quantitative estimate of drug-likeness (QED) is 0.876. The second-order valence-electron chi connectivity index (χ2n) is 5.59. The lowest BCUT2D eigenvalue weighted by molar-refractivity contribution is 0.312. The Morgan fingerprint density at radius 1 is 1.21 bits per heavy atom. The first-order chi connectivity index (χ1) is 9.34. The third-order valence-corrected chi connectivity index (χ3v) is 4.49. The zero-order chi connectivity index (χ0) is 13.1. The van der Waals surface area contributed by atoms with E-state index in [0.29, 0.717) is 0 Å². The Bertz CT molecular complexity index is 554. The number of benzene rings is 1. The van der Waals surface area contributed by atoms with Crippen molar-refractivity contribution in [3.63, 3.8) is 0 Å². The molecule has 0 bridgehead atoms. The van der Waals surface area contributed by atoms with Gasteiger partial charge in [0.15, 0.2) is 0 Å². The molecule has 1 saturated heterocycles. The minimum Gasteiger partial charge on any atom is -0.307 e. The third kappa shape index (κ3) is 2.37. The number of pyridine rings is 1. The van der Waals surface area contributed by atoms with E-state index in [0.717, 1.165) is 18.5 Å². The van der Waals surface area contributed by atoms with Gasteiger partial charge in [-0.1, -0.05) is 38.0 Å². The van der Waals surface area contributed by atoms with Crippen LogP contribution >= 0.6 is 0 Å². The molecule has 1 aliphatic heterocycles. The predicted molar refractivity (Wildman–Crippen MR) is 80.2 cm³/mol. The molecular weight excluding hydrogens is 232 g/mol. The molecule has 0 spiro atoms. The highest BCUT2D eigenvalue weighted by atomic mass is 15.0. The fraction of sp³-hybridized carbons (Fsp3) is 0.471. The van der Waals surface area contributed by atoms with Crippen LogP contribution in [0.25, 0.3) is 10.9 Å². The van der Waals surface area contributed by atoms with E-state index in [-0.39, 0.29) is 5.54 Å². The van der Waals surface area contributed by atoms with Crippen molar-refractivity contribution in [3.05, 3.63) is 42.1 Å². The lowest BCUT2D eigenvalue weighted by atomic mass is 9.83. The van der Waals surface area contributed by atoms with Crippen LogP contribution in [0.5, 0.6) is 0 Å². The van der Waals surface area contributed by atoms with E-state index in [4.69, 9.17) is 0 Å². The molecule has 1 aliphatic rings. The average Bonchev–Trinajstić information content (AvgIpc) is 2.73. The number of nitrogens with one attached hydrogen (secondary N) is 1. The number of hydrogen-bond acceptors (Lipinski definition) is 2. The molecule has 1 fully saturated rings. The Morgan fingerprint density at radius 3 is 3.00 bits per heavy atom. The van der Waals surface area contributed by atoms with E-state index in [1.165, 1.54) is 36.6 Å². The number of fused-ring (bicyclic) bond motifs is 1. The van der Waals surface area contributed by atoms with Crippen molar-refractivity contribution in [1.29, 1.82) is 0 Å². The molecule has 2 heterocycles. The second-order valence-corrected chi connectivity index (χ2v) is 5.59. The Kier molecular flexibility index (Phi) is 3.52. The summed E-state index contributed by atoms with van der Waals surface area (Å²) in [5, 5.41) is 5.03. The monoisotopic (exact) mass is 254 g/mol. The highest BCUT2D eigenvalue weighted by molar-refractivity contribution is 5.79. The van der Waals surface area contributed by atoms with Crippen LogP contribution in [0.3, 0.4) is 0 Å². The van der Waals surface area contributed by atoms with Gasteiger partial charge in [0.05, 0.1) is 5.52 Å². The van der Waals surface area contributed by atoms with Crippen LogP contribution in [0.4, 0.5) is 0 Å². The number of nitrogens with zero attached hydrogens (tertiary/aromatic N) is 1. The summed E-state index contributed by atoms with van der Waals surface area (Å²) in [6.07, 6.45) is 8.38. The van der Waals surface area contributed by atoms with Crippen LogP contribution in [0, 0.1) is 0 Å². The molecule has 2 nitrogen and oxygen atoms in total. The molecule has 2 heteroatoms. The van der Waals surface area contributed by atoms with Crippen molar-refractivity contribution < 1.29 is 0 Å². The largest absolute Gasteiger partial charge is 0.307 e. The first-order valence-electron chi connectivity index (χ1n) is 7.44. The van der Waals surface area contributed by atoms with E-state index in [9.17, 15) is 0 Å². The van der Waals surface area contributed by atoms with Crippen LogP contribution in [-0.4, -0.2) is 11.5 Å². The zero-order valence-electron chi connectivity index (χ0n) is 11.7. The van der Waals surface area contributed by atoms with Crippen molar-refractivity contribution in [3.8, 4) is 0 Å². The zero-order valence-corrected chi connectivity index (χ0v) is 11.7. The van der Waals surface area contributed by atoms with Gasteiger partial charge in [-0.2, -0.15) is 0 Å². The van der Waals surface area contributed by atoms with Gasteiger partial charge in [0, 0.05) is 17.1 Å². The van der Waals surface area contributed by atoms with Crippen LogP contribution in [0.15, 0.2) is 36.5 Å². The summed E-state index contributed by atoms with van der Waals surface area (Å²) in [7, 11) is 0. The molecule has 100 valence electrons. The normalized spacial score (nSPS) is 24.3. The van der Waals surface area contributed by atoms with Gasteiger partial charge in [-0.15, -0.1) is 0 Å². The standard InChI is InChI=1S/C17H22N2/c1-2-17(10-6-3-7-11-19-17)15-12-14-8-4-5-9-16(14)18-13-15/h4-5,8-9,12-13,19H,2-3,6-7,10-11H2,1H3. The van der Waals surface area contributed by atoms with Crippen LogP contribution in [0.1, 0.15) is 44.6 Å². The molecule has 0 aliphatic carbocycles. The maximum Gasteiger partial charge on any atom is 0.0702 e. The molecule has 1 N–H and O–H groups in total. The van der Waals surface area contributed by atoms with Crippen molar-refractivity contribution in [2.24, 2.45) is 0 Å². The maximum atomic E-state index is 4.64. The topological polar surface area (TPSA) is 24.9 Å². The summed E-state index contributed by atoms with van der Waals surface area (Å²) in [5.41, 5.74) is 2.58. The molecule has 0 amide bonds. The van der Waals surface area contributed by atoms with Gasteiger partial charge in [0.25, 0.3) is 0 Å². The van der Waals surface area contributed by atoms with Gasteiger partial charge in [0.2, 0.25) is 0 Å². The number of aromatic nitrogens is 1. The molecule has 1 atom stereocenters. The fourth-order valence-electron chi connectivity index (χ4n) is 3.23. The highest BCUT2D eigenvalue weighted by Crippen LogP contribution is 2.33. The van der Waals surface area contributed by atoms with Gasteiger partial charge in [0.1, 0.15) is 0 Å². The summed E-state index contributed by atoms with van der Waals surface area (Å²) in [5.74, 6) is 0. The van der Waals surface area contributed by atoms with E-state index in [1.807, 2.05) is 0 Å². The lowest BCUT2D eigenvalue weighted by Gasteiger charge is -2.33. The summed E-state index contributed by atoms with van der Waals surface area (Å²) in [6, 6.07) is 10.7. The summed E-state index contributed by atoms with van der Waals surface area (Å²) >= 11 is 0. The van der Waals surface area contributed by atoms with Gasteiger partial charge in [-0.3, -0.25) is 4.98 Å². The summed E-state index contributed by atoms with van der Waals surface area (Å²) in [6.45, 7) is 3.41. The maximum absolute atomic E-state index is 4.64. The number of para-hydroxylation sites is 1. The Balaban J connectivity index is 2.04. The second kappa shape index (κ2) is 5.30. The predicted octanol–water partition coefficient (Wildman–Crippen LogP) is 4.00. The Morgan fingerprint density at radius 2 is 2.11 bits per heavy atom. The molecule has 3 rings (SSSR count). The van der Waals surface area contributed by atoms with Gasteiger partial charge < -0.3 is 5.32 Å². The molecule has 0 radical (unpaired) electrons. The molecule has 1 aromatic carbocycles. The van der Waals surface area contributed by atoms with E-state index in [1.54, 1.807) is 0 Å². The van der Waals surface area contributed by atoms with Gasteiger partial charge in [-0.05, 0) is 43.5 Å². The highest BCUT2D eigenvalue weighted by Gasteiger charge is 2.30. The third-order valence-electron chi connectivity index (χ3n) is 4.49. The number of rotatable bonds is 2. The minimum atomic E-state index is 0.132. The molecule has 1 aromatic heterocycles. The first-order valence-corrected chi connectivity index (χ1v) is 7.44. The Hall–Kier alpha value is -1.41. The smallest absolute Gasteiger partial charge is 0.0702 e. The molecule has 0 saturated carbocycles. The van der Waals surface area contributed by atoms with E-state index < -0.39 is 0 Å². The average molecular weight is 254 g/mol. The van der Waals surface area contributed by atoms with Crippen molar-refractivity contribution in [2.75, 3.05) is 6.54 Å². The van der Waals surface area contributed by atoms with E-state index >= 15 is 0 Å². The lowest BCUT2D eigenvalue weighted by Crippen LogP contribution is -2.41. The van der Waals surface area contributed by atoms with E-state index in [2.05, 4.69) is 53.8 Å². The summed E-state index contributed by atoms with van der Waals surface area (Å²) in [4.78, 5) is 4.64. The van der Waals surface area contributed by atoms with Gasteiger partial charge in [-0.25, -0.2) is 0 Å². The SMILES string of the molecule is CCC1(c2cnc3ccccc3c2)CCCCCN1. The van der Waals surface area contributed by atoms with Gasteiger partial charge >= 0.3 is 0 Å². The molecule has 1 unspecified atom stereocenters. The van der Waals surface area contributed by atoms with Crippen molar-refractivity contribution in [1.82, 2.24) is 10.3 Å². The van der Waals surface area contributed by atoms with Crippen LogP contribution < -0.4 is 5.32 Å². The molecule has 2 aromatic rings. The minimum absolute atomic E-state index is 0.132. The van der Waals surface area contributed by atoms with Crippen molar-refractivity contribution in [2.45, 2.75) is 44.6 Å². The Labute approximate surface area is 115 Å². The van der Waals surface area contributed by atoms with Crippen LogP contribution in [-0.2, 0) is 5.54 Å². The fourth-order valence-corrected chi connectivity index (χ4v) is 3.23. The molecular formula is C17H22N2. The van der Waals surface area contributed by atoms with Crippen molar-refractivity contribution >= 4 is 10.9 Å². The summed E-state index contributed by atoms with van der Waals surface area (Å²) < 4.78 is 0. The molecule has 19 heavy (non-hydrogen) atoms.